The number of amides is 1. The molecule has 1 aromatic carbocycles. The van der Waals surface area contributed by atoms with Gasteiger partial charge in [0.25, 0.3) is 5.91 Å². The topological polar surface area (TPSA) is 94.2 Å². The molecule has 0 aliphatic carbocycles. The Morgan fingerprint density at radius 1 is 1.24 bits per heavy atom. The number of imidazole rings is 1. The number of alkyl halides is 3. The lowest BCUT2D eigenvalue weighted by Crippen LogP contribution is -2.18. The summed E-state index contributed by atoms with van der Waals surface area (Å²) in [5.74, 6) is -4.06. The summed E-state index contributed by atoms with van der Waals surface area (Å²) in [6.07, 6.45) is -2.10. The second-order valence-corrected chi connectivity index (χ2v) is 7.42. The maximum Gasteiger partial charge on any atom is 0.436 e. The average molecular weight is 471 g/mol. The Labute approximate surface area is 183 Å². The van der Waals surface area contributed by atoms with Gasteiger partial charge in [-0.3, -0.25) is 4.79 Å². The first-order valence-electron chi connectivity index (χ1n) is 9.90. The van der Waals surface area contributed by atoms with Crippen molar-refractivity contribution in [2.75, 3.05) is 11.9 Å². The normalized spacial score (nSPS) is 16.7. The Morgan fingerprint density at radius 2 is 1.94 bits per heavy atom. The Bertz CT molecular complexity index is 1180. The van der Waals surface area contributed by atoms with Crippen LogP contribution in [0.2, 0.25) is 0 Å². The number of benzene rings is 1. The molecule has 1 aliphatic heterocycles. The quantitative estimate of drug-likeness (QED) is 0.431. The van der Waals surface area contributed by atoms with Crippen LogP contribution in [0.25, 0.3) is 11.5 Å². The number of ether oxygens (including phenoxy) is 1. The molecule has 2 N–H and O–H groups in total. The van der Waals surface area contributed by atoms with E-state index >= 15 is 0 Å². The molecule has 176 valence electrons. The van der Waals surface area contributed by atoms with Crippen LogP contribution in [0.1, 0.15) is 47.2 Å². The zero-order valence-electron chi connectivity index (χ0n) is 17.2. The van der Waals surface area contributed by atoms with Gasteiger partial charge in [-0.25, -0.2) is 18.4 Å². The van der Waals surface area contributed by atoms with E-state index in [1.807, 2.05) is 0 Å². The molecular formula is C20H18F5N5O3. The summed E-state index contributed by atoms with van der Waals surface area (Å²) < 4.78 is 74.8. The summed E-state index contributed by atoms with van der Waals surface area (Å²) in [6, 6.07) is 2.85. The summed E-state index contributed by atoms with van der Waals surface area (Å²) >= 11 is 0. The fourth-order valence-electron chi connectivity index (χ4n) is 3.62. The molecule has 0 radical (unpaired) electrons. The average Bonchev–Trinajstić information content (AvgIpc) is 3.28. The standard InChI is InChI=1S/C20H18F5N5O3/c1-10-17(20(23,24)25)30(32)18(26-10)16-13(9-29(28-16)14-7-2-3-8-33-14)27-19(31)15-11(21)5-4-6-12(15)22/h4-6,9,14,32H,2-3,7-8H2,1H3,(H,27,31). The van der Waals surface area contributed by atoms with Gasteiger partial charge in [0.15, 0.2) is 17.2 Å². The van der Waals surface area contributed by atoms with Gasteiger partial charge < -0.3 is 15.3 Å². The first kappa shape index (κ1) is 22.7. The molecule has 1 amide bonds. The van der Waals surface area contributed by atoms with Gasteiger partial charge in [0.2, 0.25) is 0 Å². The van der Waals surface area contributed by atoms with Crippen molar-refractivity contribution in [3.05, 3.63) is 53.0 Å². The van der Waals surface area contributed by atoms with Gasteiger partial charge in [-0.1, -0.05) is 6.07 Å². The second kappa shape index (κ2) is 8.46. The van der Waals surface area contributed by atoms with Crippen LogP contribution in [0.15, 0.2) is 24.4 Å². The number of nitrogens with one attached hydrogen (secondary N) is 1. The van der Waals surface area contributed by atoms with Crippen LogP contribution in [0.3, 0.4) is 0 Å². The van der Waals surface area contributed by atoms with Crippen molar-refractivity contribution in [1.29, 1.82) is 0 Å². The van der Waals surface area contributed by atoms with Crippen molar-refractivity contribution in [3.8, 4) is 11.5 Å². The van der Waals surface area contributed by atoms with Gasteiger partial charge in [-0.15, -0.1) is 0 Å². The number of carbonyl (C=O) groups is 1. The van der Waals surface area contributed by atoms with Crippen molar-refractivity contribution in [2.24, 2.45) is 0 Å². The van der Waals surface area contributed by atoms with Gasteiger partial charge in [0.1, 0.15) is 23.4 Å². The number of halogens is 5. The first-order chi connectivity index (χ1) is 15.6. The molecule has 1 fully saturated rings. The highest BCUT2D eigenvalue weighted by molar-refractivity contribution is 6.06. The molecule has 3 heterocycles. The molecule has 0 saturated carbocycles. The fraction of sp³-hybridized carbons (Fsp3) is 0.350. The molecule has 8 nitrogen and oxygen atoms in total. The number of hydrogen-bond donors (Lipinski definition) is 2. The highest BCUT2D eigenvalue weighted by Gasteiger charge is 2.40. The smallest absolute Gasteiger partial charge is 0.426 e. The molecule has 1 atom stereocenters. The van der Waals surface area contributed by atoms with E-state index in [0.717, 1.165) is 38.0 Å². The van der Waals surface area contributed by atoms with Gasteiger partial charge in [0, 0.05) is 6.61 Å². The zero-order valence-corrected chi connectivity index (χ0v) is 17.2. The molecule has 1 saturated heterocycles. The van der Waals surface area contributed by atoms with E-state index in [4.69, 9.17) is 4.74 Å². The van der Waals surface area contributed by atoms with Crippen molar-refractivity contribution < 1.29 is 36.7 Å². The minimum atomic E-state index is -4.92. The van der Waals surface area contributed by atoms with E-state index < -0.39 is 52.7 Å². The lowest BCUT2D eigenvalue weighted by molar-refractivity contribution is -0.150. The second-order valence-electron chi connectivity index (χ2n) is 7.42. The van der Waals surface area contributed by atoms with E-state index in [-0.39, 0.29) is 16.1 Å². The van der Waals surface area contributed by atoms with E-state index in [1.165, 1.54) is 10.9 Å². The highest BCUT2D eigenvalue weighted by atomic mass is 19.4. The van der Waals surface area contributed by atoms with Gasteiger partial charge in [0.05, 0.1) is 17.6 Å². The minimum Gasteiger partial charge on any atom is -0.426 e. The van der Waals surface area contributed by atoms with Crippen molar-refractivity contribution in [1.82, 2.24) is 19.5 Å². The SMILES string of the molecule is Cc1nc(-c2nn(C3CCCCO3)cc2NC(=O)c2c(F)cccc2F)n(O)c1C(F)(F)F. The number of carbonyl (C=O) groups excluding carboxylic acids is 1. The zero-order chi connectivity index (χ0) is 23.9. The Morgan fingerprint density at radius 3 is 2.52 bits per heavy atom. The molecule has 3 aromatic rings. The van der Waals surface area contributed by atoms with Gasteiger partial charge in [-0.2, -0.15) is 23.0 Å². The Hall–Kier alpha value is -3.48. The lowest BCUT2D eigenvalue weighted by Gasteiger charge is -2.22. The summed E-state index contributed by atoms with van der Waals surface area (Å²) in [5, 5.41) is 16.6. The van der Waals surface area contributed by atoms with Crippen LogP contribution in [-0.4, -0.2) is 37.2 Å². The van der Waals surface area contributed by atoms with E-state index in [1.54, 1.807) is 0 Å². The summed E-state index contributed by atoms with van der Waals surface area (Å²) in [5.41, 5.74) is -3.38. The molecular weight excluding hydrogens is 453 g/mol. The maximum atomic E-state index is 14.1. The maximum absolute atomic E-state index is 14.1. The number of aryl methyl sites for hydroxylation is 1. The third kappa shape index (κ3) is 4.27. The summed E-state index contributed by atoms with van der Waals surface area (Å²) in [4.78, 5) is 16.4. The van der Waals surface area contributed by atoms with Crippen LogP contribution in [-0.2, 0) is 10.9 Å². The lowest BCUT2D eigenvalue weighted by atomic mass is 10.2. The number of hydrogen-bond acceptors (Lipinski definition) is 5. The van der Waals surface area contributed by atoms with Crippen molar-refractivity contribution >= 4 is 11.6 Å². The fourth-order valence-corrected chi connectivity index (χ4v) is 3.62. The number of aromatic nitrogens is 4. The molecule has 0 bridgehead atoms. The number of anilines is 1. The molecule has 33 heavy (non-hydrogen) atoms. The minimum absolute atomic E-state index is 0.178. The largest absolute Gasteiger partial charge is 0.436 e. The van der Waals surface area contributed by atoms with E-state index in [0.29, 0.717) is 13.0 Å². The van der Waals surface area contributed by atoms with Crippen LogP contribution >= 0.6 is 0 Å². The predicted octanol–water partition coefficient (Wildman–Crippen LogP) is 4.54. The van der Waals surface area contributed by atoms with E-state index in [9.17, 15) is 32.0 Å². The van der Waals surface area contributed by atoms with Crippen LogP contribution in [0, 0.1) is 18.6 Å². The number of nitrogens with zero attached hydrogens (tertiary/aromatic N) is 4. The Balaban J connectivity index is 1.80. The number of rotatable bonds is 4. The van der Waals surface area contributed by atoms with Gasteiger partial charge in [-0.05, 0) is 38.3 Å². The molecule has 1 unspecified atom stereocenters. The highest BCUT2D eigenvalue weighted by Crippen LogP contribution is 2.36. The molecule has 1 aliphatic rings. The van der Waals surface area contributed by atoms with E-state index in [2.05, 4.69) is 15.4 Å². The van der Waals surface area contributed by atoms with Crippen LogP contribution in [0.5, 0.6) is 0 Å². The van der Waals surface area contributed by atoms with Crippen molar-refractivity contribution in [2.45, 2.75) is 38.6 Å². The van der Waals surface area contributed by atoms with Gasteiger partial charge >= 0.3 is 6.18 Å². The third-order valence-electron chi connectivity index (χ3n) is 5.13. The Kier molecular flexibility index (Phi) is 5.82. The molecule has 13 heteroatoms. The predicted molar refractivity (Wildman–Crippen MR) is 104 cm³/mol. The molecule has 0 spiro atoms. The first-order valence-corrected chi connectivity index (χ1v) is 9.90. The van der Waals surface area contributed by atoms with Crippen molar-refractivity contribution in [3.63, 3.8) is 0 Å². The molecule has 4 rings (SSSR count). The third-order valence-corrected chi connectivity index (χ3v) is 5.13. The van der Waals surface area contributed by atoms with Crippen LogP contribution < -0.4 is 5.32 Å². The van der Waals surface area contributed by atoms with Crippen LogP contribution in [0.4, 0.5) is 27.6 Å². The molecule has 2 aromatic heterocycles. The summed E-state index contributed by atoms with van der Waals surface area (Å²) in [6.45, 7) is 1.47. The monoisotopic (exact) mass is 471 g/mol. The summed E-state index contributed by atoms with van der Waals surface area (Å²) in [7, 11) is 0.